The van der Waals surface area contributed by atoms with Crippen LogP contribution in [-0.2, 0) is 5.41 Å². The van der Waals surface area contributed by atoms with Crippen molar-refractivity contribution in [2.24, 2.45) is 5.92 Å². The summed E-state index contributed by atoms with van der Waals surface area (Å²) in [5, 5.41) is 10.3. The lowest BCUT2D eigenvalue weighted by atomic mass is 9.63. The minimum absolute atomic E-state index is 0.368. The summed E-state index contributed by atoms with van der Waals surface area (Å²) < 4.78 is 0. The molecule has 0 aliphatic heterocycles. The molecule has 0 nitrogen and oxygen atoms in total. The molecule has 10 aromatic rings. The predicted molar refractivity (Wildman–Crippen MR) is 303 cm³/mol. The maximum atomic E-state index is 4.05. The molecular weight excluding hydrogens is 841 g/mol. The second kappa shape index (κ2) is 16.6. The first-order chi connectivity index (χ1) is 34.5. The van der Waals surface area contributed by atoms with E-state index >= 15 is 0 Å². The zero-order chi connectivity index (χ0) is 47.1. The largest absolute Gasteiger partial charge is 0.0984 e. The van der Waals surface area contributed by atoms with Crippen molar-refractivity contribution in [2.75, 3.05) is 0 Å². The summed E-state index contributed by atoms with van der Waals surface area (Å²) in [4.78, 5) is 0. The standard InChI is InChI=1S/C70H54/c1-5-8-9-22-48-23-19-32-61-66-54-26-11-10-24-52(54)62-43-51(40-41-60(62)69(66)70(68(48)61)63-33-17-16-25-53(63)59-31-18-21-44(4)67(59)70)65-57-29-14-12-27-55(57)64(56-28-13-15-30-58(56)65)47-37-35-46(36-38-47)50-39-34-45(7-3)49(42-50)20-6-2/h6-7,9-20,22-44H,3,5,8,21H2,1-2,4H3/b20-6-,22-9-. The van der Waals surface area contributed by atoms with Crippen molar-refractivity contribution in [1.82, 2.24) is 0 Å². The van der Waals surface area contributed by atoms with Crippen molar-refractivity contribution in [3.8, 4) is 44.5 Å². The first-order valence-electron chi connectivity index (χ1n) is 25.3. The maximum absolute atomic E-state index is 4.05. The van der Waals surface area contributed by atoms with Gasteiger partial charge < -0.3 is 0 Å². The third kappa shape index (κ3) is 6.02. The number of rotatable bonds is 8. The molecule has 0 heteroatoms. The average molecular weight is 895 g/mol. The Morgan fingerprint density at radius 2 is 1.13 bits per heavy atom. The lowest BCUT2D eigenvalue weighted by Gasteiger charge is -2.38. The Bertz CT molecular complexity index is 3900. The van der Waals surface area contributed by atoms with E-state index in [0.29, 0.717) is 5.92 Å². The summed E-state index contributed by atoms with van der Waals surface area (Å²) in [6, 6.07) is 67.2. The second-order valence-corrected chi connectivity index (χ2v) is 19.6. The van der Waals surface area contributed by atoms with E-state index in [1.54, 1.807) is 5.57 Å². The van der Waals surface area contributed by atoms with Crippen LogP contribution in [0.1, 0.15) is 79.0 Å². The summed E-state index contributed by atoms with van der Waals surface area (Å²) in [5.74, 6) is 0.368. The fourth-order valence-electron chi connectivity index (χ4n) is 13.1. The molecular formula is C70H54. The summed E-state index contributed by atoms with van der Waals surface area (Å²) in [6.07, 6.45) is 19.1. The highest BCUT2D eigenvalue weighted by Gasteiger charge is 2.56. The normalized spacial score (nSPS) is 16.9. The molecule has 3 aliphatic rings. The van der Waals surface area contributed by atoms with Crippen LogP contribution in [0.15, 0.2) is 212 Å². The molecule has 0 radical (unpaired) electrons. The van der Waals surface area contributed by atoms with Gasteiger partial charge in [-0.25, -0.2) is 0 Å². The van der Waals surface area contributed by atoms with Gasteiger partial charge in [0.25, 0.3) is 0 Å². The minimum atomic E-state index is -0.446. The number of fused-ring (bicyclic) bond motifs is 16. The highest BCUT2D eigenvalue weighted by atomic mass is 14.6. The maximum Gasteiger partial charge on any atom is 0.0703 e. The van der Waals surface area contributed by atoms with E-state index in [-0.39, 0.29) is 0 Å². The molecule has 0 saturated heterocycles. The molecule has 3 aliphatic carbocycles. The van der Waals surface area contributed by atoms with Crippen molar-refractivity contribution in [1.29, 1.82) is 0 Å². The lowest BCUT2D eigenvalue weighted by Crippen LogP contribution is -2.31. The SMILES string of the molecule is C=Cc1ccc(-c2ccc(-c3c4ccccc4c(-c4ccc5c6c(c7ccccc7c5c4)-c4cccc(/C=C\CCC)c4C64C5=C(C=CCC5C)c5ccccc54)c4ccccc34)cc2)cc1/C=C\C. The average Bonchev–Trinajstić information content (AvgIpc) is 3.89. The van der Waals surface area contributed by atoms with Crippen LogP contribution in [0.2, 0.25) is 0 Å². The summed E-state index contributed by atoms with van der Waals surface area (Å²) in [5.41, 5.74) is 22.0. The minimum Gasteiger partial charge on any atom is -0.0984 e. The highest BCUT2D eigenvalue weighted by Crippen LogP contribution is 2.68. The molecule has 0 heterocycles. The number of unbranched alkanes of at least 4 members (excludes halogenated alkanes) is 1. The molecule has 2 unspecified atom stereocenters. The molecule has 0 aromatic heterocycles. The van der Waals surface area contributed by atoms with Crippen LogP contribution in [0.4, 0.5) is 0 Å². The third-order valence-corrected chi connectivity index (χ3v) is 15.9. The van der Waals surface area contributed by atoms with Gasteiger partial charge in [0, 0.05) is 0 Å². The first-order valence-corrected chi connectivity index (χ1v) is 25.3. The van der Waals surface area contributed by atoms with Crippen molar-refractivity contribution >= 4 is 66.9 Å². The van der Waals surface area contributed by atoms with Crippen molar-refractivity contribution in [3.63, 3.8) is 0 Å². The topological polar surface area (TPSA) is 0 Å². The van der Waals surface area contributed by atoms with Gasteiger partial charge in [-0.2, -0.15) is 0 Å². The molecule has 13 rings (SSSR count). The van der Waals surface area contributed by atoms with Crippen LogP contribution < -0.4 is 0 Å². The second-order valence-electron chi connectivity index (χ2n) is 19.6. The molecule has 0 fully saturated rings. The van der Waals surface area contributed by atoms with Crippen LogP contribution in [0.25, 0.3) is 111 Å². The van der Waals surface area contributed by atoms with Gasteiger partial charge >= 0.3 is 0 Å². The van der Waals surface area contributed by atoms with Gasteiger partial charge in [0.05, 0.1) is 5.41 Å². The van der Waals surface area contributed by atoms with E-state index in [9.17, 15) is 0 Å². The Morgan fingerprint density at radius 3 is 1.83 bits per heavy atom. The molecule has 0 amide bonds. The predicted octanol–water partition coefficient (Wildman–Crippen LogP) is 19.5. The third-order valence-electron chi connectivity index (χ3n) is 15.9. The van der Waals surface area contributed by atoms with E-state index in [4.69, 9.17) is 0 Å². The van der Waals surface area contributed by atoms with Crippen molar-refractivity contribution in [2.45, 2.75) is 45.4 Å². The van der Waals surface area contributed by atoms with E-state index in [1.807, 2.05) is 6.08 Å². The quantitative estimate of drug-likeness (QED) is 0.105. The molecule has 0 bridgehead atoms. The van der Waals surface area contributed by atoms with E-state index in [0.717, 1.165) is 24.8 Å². The van der Waals surface area contributed by atoms with E-state index in [1.165, 1.54) is 127 Å². The molecule has 0 saturated carbocycles. The van der Waals surface area contributed by atoms with Gasteiger partial charge in [0.1, 0.15) is 0 Å². The Kier molecular flexibility index (Phi) is 9.96. The summed E-state index contributed by atoms with van der Waals surface area (Å²) >= 11 is 0. The molecule has 0 N–H and O–H groups in total. The van der Waals surface area contributed by atoms with Crippen molar-refractivity contribution in [3.05, 3.63) is 251 Å². The van der Waals surface area contributed by atoms with Gasteiger partial charge in [0.15, 0.2) is 0 Å². The fraction of sp³-hybridized carbons (Fsp3) is 0.114. The van der Waals surface area contributed by atoms with Crippen LogP contribution >= 0.6 is 0 Å². The van der Waals surface area contributed by atoms with Gasteiger partial charge in [-0.3, -0.25) is 0 Å². The lowest BCUT2D eigenvalue weighted by molar-refractivity contribution is 0.593. The number of hydrogen-bond acceptors (Lipinski definition) is 0. The van der Waals surface area contributed by atoms with Gasteiger partial charge in [-0.15, -0.1) is 0 Å². The smallest absolute Gasteiger partial charge is 0.0703 e. The molecule has 70 heavy (non-hydrogen) atoms. The van der Waals surface area contributed by atoms with Gasteiger partial charge in [0.2, 0.25) is 0 Å². The number of allylic oxidation sites excluding steroid dienone is 6. The van der Waals surface area contributed by atoms with Crippen LogP contribution in [-0.4, -0.2) is 0 Å². The van der Waals surface area contributed by atoms with Crippen LogP contribution in [0.3, 0.4) is 0 Å². The van der Waals surface area contributed by atoms with Gasteiger partial charge in [-0.1, -0.05) is 233 Å². The zero-order valence-electron chi connectivity index (χ0n) is 40.2. The Hall–Kier alpha value is -8.06. The molecule has 10 aromatic carbocycles. The van der Waals surface area contributed by atoms with Crippen LogP contribution in [0.5, 0.6) is 0 Å². The summed E-state index contributed by atoms with van der Waals surface area (Å²) in [6.45, 7) is 10.9. The number of benzene rings is 10. The first kappa shape index (κ1) is 42.1. The molecule has 334 valence electrons. The van der Waals surface area contributed by atoms with E-state index < -0.39 is 5.41 Å². The Morgan fingerprint density at radius 1 is 0.514 bits per heavy atom. The van der Waals surface area contributed by atoms with E-state index in [2.05, 4.69) is 240 Å². The van der Waals surface area contributed by atoms with Crippen LogP contribution in [0, 0.1) is 5.92 Å². The monoisotopic (exact) mass is 894 g/mol. The van der Waals surface area contributed by atoms with Crippen molar-refractivity contribution < 1.29 is 0 Å². The molecule has 1 spiro atoms. The zero-order valence-corrected chi connectivity index (χ0v) is 40.2. The summed E-state index contributed by atoms with van der Waals surface area (Å²) in [7, 11) is 0. The Labute approximate surface area is 412 Å². The van der Waals surface area contributed by atoms with Gasteiger partial charge in [-0.05, 0) is 176 Å². The Balaban J connectivity index is 1.07. The molecule has 2 atom stereocenters. The highest BCUT2D eigenvalue weighted by molar-refractivity contribution is 6.24. The fourth-order valence-corrected chi connectivity index (χ4v) is 13.1. The number of hydrogen-bond donors (Lipinski definition) is 0.